The zero-order valence-corrected chi connectivity index (χ0v) is 15.6. The second-order valence-corrected chi connectivity index (χ2v) is 6.61. The van der Waals surface area contributed by atoms with Crippen LogP contribution in [0, 0.1) is 0 Å². The number of hydrogen-bond donors (Lipinski definition) is 2. The van der Waals surface area contributed by atoms with E-state index in [1.165, 1.54) is 5.69 Å². The molecule has 2 rings (SSSR count). The van der Waals surface area contributed by atoms with Gasteiger partial charge in [0.25, 0.3) is 0 Å². The molecule has 5 nitrogen and oxygen atoms in total. The number of aliphatic imine (C=N–C) groups is 1. The van der Waals surface area contributed by atoms with Crippen molar-refractivity contribution in [3.05, 3.63) is 30.3 Å². The van der Waals surface area contributed by atoms with Crippen LogP contribution in [0.15, 0.2) is 35.3 Å². The number of rotatable bonds is 6. The zero-order chi connectivity index (χ0) is 17.4. The molecular formula is C19H33N5. The Kier molecular flexibility index (Phi) is 7.37. The van der Waals surface area contributed by atoms with Gasteiger partial charge in [0, 0.05) is 57.5 Å². The van der Waals surface area contributed by atoms with E-state index in [1.54, 1.807) is 0 Å². The Morgan fingerprint density at radius 2 is 1.79 bits per heavy atom. The fourth-order valence-electron chi connectivity index (χ4n) is 2.96. The van der Waals surface area contributed by atoms with E-state index < -0.39 is 0 Å². The Morgan fingerprint density at radius 3 is 2.38 bits per heavy atom. The van der Waals surface area contributed by atoms with Crippen LogP contribution in [0.3, 0.4) is 0 Å². The van der Waals surface area contributed by atoms with Crippen LogP contribution < -0.4 is 15.5 Å². The molecule has 0 amide bonds. The summed E-state index contributed by atoms with van der Waals surface area (Å²) >= 11 is 0. The average Bonchev–Trinajstić information content (AvgIpc) is 2.65. The fourth-order valence-corrected chi connectivity index (χ4v) is 2.96. The number of anilines is 1. The number of benzene rings is 1. The van der Waals surface area contributed by atoms with Crippen molar-refractivity contribution in [1.29, 1.82) is 0 Å². The van der Waals surface area contributed by atoms with Crippen LogP contribution >= 0.6 is 0 Å². The highest BCUT2D eigenvalue weighted by molar-refractivity contribution is 5.79. The molecule has 2 N–H and O–H groups in total. The van der Waals surface area contributed by atoms with E-state index in [2.05, 4.69) is 76.5 Å². The molecule has 1 aromatic rings. The van der Waals surface area contributed by atoms with E-state index in [0.29, 0.717) is 12.1 Å². The van der Waals surface area contributed by atoms with Crippen LogP contribution in [-0.4, -0.2) is 62.7 Å². The molecule has 1 saturated heterocycles. The van der Waals surface area contributed by atoms with Gasteiger partial charge in [-0.15, -0.1) is 0 Å². The maximum absolute atomic E-state index is 4.31. The monoisotopic (exact) mass is 331 g/mol. The van der Waals surface area contributed by atoms with Gasteiger partial charge in [-0.3, -0.25) is 9.89 Å². The lowest BCUT2D eigenvalue weighted by molar-refractivity contribution is 0.197. The molecule has 0 aliphatic carbocycles. The summed E-state index contributed by atoms with van der Waals surface area (Å²) in [5.41, 5.74) is 1.33. The fraction of sp³-hybridized carbons (Fsp3) is 0.632. The lowest BCUT2D eigenvalue weighted by Gasteiger charge is -2.39. The predicted molar refractivity (Wildman–Crippen MR) is 104 cm³/mol. The summed E-state index contributed by atoms with van der Waals surface area (Å²) in [6.45, 7) is 12.0. The normalized spacial score (nSPS) is 19.0. The molecule has 1 aromatic carbocycles. The van der Waals surface area contributed by atoms with Crippen molar-refractivity contribution < 1.29 is 0 Å². The molecule has 1 fully saturated rings. The number of guanidine groups is 1. The first-order chi connectivity index (χ1) is 11.6. The van der Waals surface area contributed by atoms with Crippen molar-refractivity contribution in [2.24, 2.45) is 4.99 Å². The number of piperazine rings is 1. The molecule has 1 aliphatic rings. The van der Waals surface area contributed by atoms with Crippen LogP contribution in [0.25, 0.3) is 0 Å². The maximum atomic E-state index is 4.31. The van der Waals surface area contributed by atoms with Gasteiger partial charge in [0.15, 0.2) is 5.96 Å². The van der Waals surface area contributed by atoms with E-state index in [4.69, 9.17) is 0 Å². The Bertz CT molecular complexity index is 494. The van der Waals surface area contributed by atoms with Crippen LogP contribution in [0.1, 0.15) is 27.2 Å². The molecule has 2 atom stereocenters. The molecule has 0 saturated carbocycles. The molecule has 0 spiro atoms. The Labute approximate surface area is 147 Å². The number of para-hydroxylation sites is 1. The van der Waals surface area contributed by atoms with E-state index in [9.17, 15) is 0 Å². The first kappa shape index (κ1) is 18.6. The summed E-state index contributed by atoms with van der Waals surface area (Å²) in [4.78, 5) is 9.34. The lowest BCUT2D eigenvalue weighted by atomic mass is 10.2. The van der Waals surface area contributed by atoms with Crippen molar-refractivity contribution in [3.8, 4) is 0 Å². The number of nitrogens with zero attached hydrogens (tertiary/aromatic N) is 3. The smallest absolute Gasteiger partial charge is 0.191 e. The second kappa shape index (κ2) is 9.52. The van der Waals surface area contributed by atoms with Crippen LogP contribution in [0.5, 0.6) is 0 Å². The van der Waals surface area contributed by atoms with Gasteiger partial charge in [0.1, 0.15) is 0 Å². The first-order valence-electron chi connectivity index (χ1n) is 9.15. The molecule has 1 aliphatic heterocycles. The lowest BCUT2D eigenvalue weighted by Crippen LogP contribution is -2.53. The summed E-state index contributed by atoms with van der Waals surface area (Å²) in [5, 5.41) is 6.87. The van der Waals surface area contributed by atoms with Crippen LogP contribution in [0.2, 0.25) is 0 Å². The van der Waals surface area contributed by atoms with E-state index in [0.717, 1.165) is 45.1 Å². The summed E-state index contributed by atoms with van der Waals surface area (Å²) in [5.74, 6) is 0.902. The molecule has 1 heterocycles. The van der Waals surface area contributed by atoms with Crippen molar-refractivity contribution in [2.45, 2.75) is 39.3 Å². The van der Waals surface area contributed by atoms with Gasteiger partial charge in [-0.1, -0.05) is 25.1 Å². The topological polar surface area (TPSA) is 42.9 Å². The van der Waals surface area contributed by atoms with Gasteiger partial charge >= 0.3 is 0 Å². The summed E-state index contributed by atoms with van der Waals surface area (Å²) < 4.78 is 0. The Morgan fingerprint density at radius 1 is 1.12 bits per heavy atom. The highest BCUT2D eigenvalue weighted by Gasteiger charge is 2.21. The minimum Gasteiger partial charge on any atom is -0.369 e. The first-order valence-corrected chi connectivity index (χ1v) is 9.15. The predicted octanol–water partition coefficient (Wildman–Crippen LogP) is 2.16. The van der Waals surface area contributed by atoms with Crippen molar-refractivity contribution in [1.82, 2.24) is 15.5 Å². The van der Waals surface area contributed by atoms with Gasteiger partial charge < -0.3 is 15.5 Å². The molecule has 0 aromatic heterocycles. The van der Waals surface area contributed by atoms with Gasteiger partial charge in [0.05, 0.1) is 0 Å². The van der Waals surface area contributed by atoms with Crippen molar-refractivity contribution >= 4 is 11.6 Å². The van der Waals surface area contributed by atoms with Gasteiger partial charge in [0.2, 0.25) is 0 Å². The summed E-state index contributed by atoms with van der Waals surface area (Å²) in [6, 6.07) is 11.7. The average molecular weight is 332 g/mol. The maximum Gasteiger partial charge on any atom is 0.191 e. The van der Waals surface area contributed by atoms with Crippen LogP contribution in [-0.2, 0) is 0 Å². The third kappa shape index (κ3) is 5.41. The van der Waals surface area contributed by atoms with E-state index in [1.807, 2.05) is 7.05 Å². The third-order valence-electron chi connectivity index (χ3n) is 4.84. The standard InChI is InChI=1S/C19H33N5/c1-5-16(2)22-19(20-4)21-15-17(3)23-11-13-24(14-12-23)18-9-7-6-8-10-18/h6-10,16-17H,5,11-15H2,1-4H3,(H2,20,21,22). The van der Waals surface area contributed by atoms with Gasteiger partial charge in [-0.25, -0.2) is 0 Å². The molecule has 134 valence electrons. The molecule has 5 heteroatoms. The second-order valence-electron chi connectivity index (χ2n) is 6.61. The highest BCUT2D eigenvalue weighted by atomic mass is 15.3. The molecule has 2 unspecified atom stereocenters. The summed E-state index contributed by atoms with van der Waals surface area (Å²) in [6.07, 6.45) is 1.09. The molecule has 0 radical (unpaired) electrons. The van der Waals surface area contributed by atoms with Crippen molar-refractivity contribution in [3.63, 3.8) is 0 Å². The quantitative estimate of drug-likeness (QED) is 0.619. The number of nitrogens with one attached hydrogen (secondary N) is 2. The minimum absolute atomic E-state index is 0.445. The van der Waals surface area contributed by atoms with Crippen LogP contribution in [0.4, 0.5) is 5.69 Å². The van der Waals surface area contributed by atoms with E-state index >= 15 is 0 Å². The molecular weight excluding hydrogens is 298 g/mol. The highest BCUT2D eigenvalue weighted by Crippen LogP contribution is 2.16. The molecule has 0 bridgehead atoms. The van der Waals surface area contributed by atoms with Gasteiger partial charge in [-0.2, -0.15) is 0 Å². The third-order valence-corrected chi connectivity index (χ3v) is 4.84. The van der Waals surface area contributed by atoms with E-state index in [-0.39, 0.29) is 0 Å². The number of hydrogen-bond acceptors (Lipinski definition) is 3. The zero-order valence-electron chi connectivity index (χ0n) is 15.6. The largest absolute Gasteiger partial charge is 0.369 e. The Balaban J connectivity index is 1.75. The van der Waals surface area contributed by atoms with Crippen molar-refractivity contribution in [2.75, 3.05) is 44.7 Å². The summed E-state index contributed by atoms with van der Waals surface area (Å²) in [7, 11) is 1.83. The Hall–Kier alpha value is -1.75. The van der Waals surface area contributed by atoms with Gasteiger partial charge in [-0.05, 0) is 32.4 Å². The SMILES string of the molecule is CCC(C)NC(=NC)NCC(C)N1CCN(c2ccccc2)CC1. The minimum atomic E-state index is 0.445. The molecule has 24 heavy (non-hydrogen) atoms.